The van der Waals surface area contributed by atoms with Crippen LogP contribution in [0.2, 0.25) is 0 Å². The van der Waals surface area contributed by atoms with Crippen molar-refractivity contribution in [3.8, 4) is 0 Å². The molecule has 0 saturated carbocycles. The molecular weight excluding hydrogens is 873 g/mol. The Morgan fingerprint density at radius 2 is 0.750 bits per heavy atom. The first kappa shape index (κ1) is 32.9. The second kappa shape index (κ2) is 15.8. The van der Waals surface area contributed by atoms with Gasteiger partial charge in [-0.2, -0.15) is 0 Å². The van der Waals surface area contributed by atoms with Crippen LogP contribution in [0, 0.1) is 0 Å². The molecule has 0 aliphatic carbocycles. The zero-order valence-corrected chi connectivity index (χ0v) is 42.3. The van der Waals surface area contributed by atoms with E-state index in [4.69, 9.17) is 0 Å². The van der Waals surface area contributed by atoms with Crippen molar-refractivity contribution >= 4 is 110 Å². The van der Waals surface area contributed by atoms with Gasteiger partial charge in [-0.25, -0.2) is 0 Å². The van der Waals surface area contributed by atoms with E-state index in [1.165, 1.54) is 0 Å². The van der Waals surface area contributed by atoms with Crippen LogP contribution in [0.1, 0.15) is 120 Å². The fraction of sp³-hybridized carbons (Fsp3) is 0.206. The molecule has 9 aromatic carbocycles. The molecule has 0 aliphatic heterocycles. The zero-order chi connectivity index (χ0) is 60.0. The lowest BCUT2D eigenvalue weighted by molar-refractivity contribution is 0.594. The third kappa shape index (κ3) is 6.43. The van der Waals surface area contributed by atoms with Gasteiger partial charge in [-0.15, -0.1) is 0 Å². The summed E-state index contributed by atoms with van der Waals surface area (Å²) in [6, 6.07) is 32.3. The molecule has 13 aromatic rings. The molecule has 0 aliphatic rings. The Hall–Kier alpha value is -7.82. The average molecular weight is 947 g/mol. The zero-order valence-electron chi connectivity index (χ0n) is 54.3. The number of nitrogens with zero attached hydrogens (tertiary/aromatic N) is 4. The Bertz CT molecular complexity index is 4580. The minimum atomic E-state index is -0.453. The summed E-state index contributed by atoms with van der Waals surface area (Å²) >= 11 is 0. The number of para-hydroxylation sites is 4. The molecule has 0 fully saturated rings. The first-order valence-corrected chi connectivity index (χ1v) is 25.0. The smallest absolute Gasteiger partial charge is 0.0645 e. The number of rotatable bonds is 8. The van der Waals surface area contributed by atoms with Crippen LogP contribution in [0.5, 0.6) is 0 Å². The van der Waals surface area contributed by atoms with Crippen molar-refractivity contribution in [2.45, 2.75) is 91.9 Å². The van der Waals surface area contributed by atoms with E-state index in [2.05, 4.69) is 74.6 Å². The predicted molar refractivity (Wildman–Crippen MR) is 311 cm³/mol. The van der Waals surface area contributed by atoms with E-state index in [1.807, 2.05) is 113 Å². The lowest BCUT2D eigenvalue weighted by atomic mass is 9.85. The maximum Gasteiger partial charge on any atom is 0.0645 e. The van der Waals surface area contributed by atoms with Crippen molar-refractivity contribution in [3.63, 3.8) is 0 Å². The molecule has 354 valence electrons. The first-order chi connectivity index (χ1) is 39.7. The van der Waals surface area contributed by atoms with Crippen LogP contribution in [-0.4, -0.2) is 8.80 Å². The van der Waals surface area contributed by atoms with Gasteiger partial charge in [0.1, 0.15) is 0 Å². The first-order valence-electron chi connectivity index (χ1n) is 31.0. The van der Waals surface area contributed by atoms with E-state index in [9.17, 15) is 16.4 Å². The molecule has 0 radical (unpaired) electrons. The summed E-state index contributed by atoms with van der Waals surface area (Å²) in [6.07, 6.45) is 0. The summed E-state index contributed by atoms with van der Waals surface area (Å²) in [5.41, 5.74) is 7.28. The van der Waals surface area contributed by atoms with Crippen molar-refractivity contribution < 1.29 is 16.4 Å². The Morgan fingerprint density at radius 3 is 1.10 bits per heavy atom. The van der Waals surface area contributed by atoms with E-state index >= 15 is 0 Å². The maximum absolute atomic E-state index is 10.4. The molecule has 0 atom stereocenters. The van der Waals surface area contributed by atoms with Gasteiger partial charge in [-0.05, 0) is 118 Å². The van der Waals surface area contributed by atoms with Gasteiger partial charge in [-0.1, -0.05) is 178 Å². The van der Waals surface area contributed by atoms with Gasteiger partial charge in [0.2, 0.25) is 0 Å². The number of aromatic nitrogens is 2. The van der Waals surface area contributed by atoms with Crippen LogP contribution in [0.3, 0.4) is 0 Å². The largest absolute Gasteiger partial charge is 0.310 e. The lowest BCUT2D eigenvalue weighted by Gasteiger charge is -2.27. The molecular formula is C68H62N4. The second-order valence-electron chi connectivity index (χ2n) is 22.0. The molecule has 72 heavy (non-hydrogen) atoms. The molecule has 4 heterocycles. The fourth-order valence-electron chi connectivity index (χ4n) is 11.2. The summed E-state index contributed by atoms with van der Waals surface area (Å²) in [6.45, 7) is 20.2. The van der Waals surface area contributed by atoms with Crippen molar-refractivity contribution in [1.29, 1.82) is 0 Å². The summed E-state index contributed by atoms with van der Waals surface area (Å²) in [5, 5.41) is 5.01. The Balaban J connectivity index is 1.24. The van der Waals surface area contributed by atoms with E-state index in [1.54, 1.807) is 9.80 Å². The monoisotopic (exact) mass is 947 g/mol. The number of hydrogen-bond acceptors (Lipinski definition) is 2. The average Bonchev–Trinajstić information content (AvgIpc) is 1.52. The van der Waals surface area contributed by atoms with Crippen LogP contribution in [0.25, 0.3) is 76.2 Å². The topological polar surface area (TPSA) is 15.3 Å². The minimum Gasteiger partial charge on any atom is -0.310 e. The lowest BCUT2D eigenvalue weighted by Crippen LogP contribution is -2.12. The summed E-state index contributed by atoms with van der Waals surface area (Å²) in [5.74, 6) is -0.626. The highest BCUT2D eigenvalue weighted by atomic mass is 15.2. The third-order valence-corrected chi connectivity index (χ3v) is 14.6. The molecule has 0 bridgehead atoms. The van der Waals surface area contributed by atoms with Crippen molar-refractivity contribution in [2.75, 3.05) is 9.80 Å². The molecule has 0 amide bonds. The predicted octanol–water partition coefficient (Wildman–Crippen LogP) is 19.8. The van der Waals surface area contributed by atoms with Gasteiger partial charge in [0.05, 0.1) is 60.9 Å². The van der Waals surface area contributed by atoms with Gasteiger partial charge >= 0.3 is 0 Å². The Morgan fingerprint density at radius 1 is 0.375 bits per heavy atom. The van der Waals surface area contributed by atoms with E-state index in [0.29, 0.717) is 65.8 Å². The second-order valence-corrected chi connectivity index (χ2v) is 22.0. The Kier molecular flexibility index (Phi) is 7.25. The highest BCUT2D eigenvalue weighted by molar-refractivity contribution is 6.32. The highest BCUT2D eigenvalue weighted by Gasteiger charge is 2.31. The quantitative estimate of drug-likeness (QED) is 0.151. The van der Waals surface area contributed by atoms with Crippen molar-refractivity contribution in [3.05, 3.63) is 204 Å². The number of benzene rings is 9. The van der Waals surface area contributed by atoms with Crippen LogP contribution >= 0.6 is 0 Å². The number of anilines is 6. The van der Waals surface area contributed by atoms with Gasteiger partial charge < -0.3 is 18.6 Å². The van der Waals surface area contributed by atoms with Crippen LogP contribution in [0.4, 0.5) is 34.1 Å². The number of fused-ring (bicyclic) bond motifs is 12. The SMILES string of the molecule is [2H]c1c([2H])c(N(c2ccccc2)c2c([2H])c([2H])c3c4cc5c(cc4n4c6c(C(C)(C)C)cccc6c2c34)c2c([2H])c([2H])c(N(c3ccccc3)c3c([2H])c([2H])c(C(C)C)c([2H])c3[2H])c3c4cccc(C(C)(C)C)c4n5c23)c([2H])c([2H])c1C(C)C. The van der Waals surface area contributed by atoms with Crippen LogP contribution < -0.4 is 9.80 Å². The van der Waals surface area contributed by atoms with Gasteiger partial charge in [-0.3, -0.25) is 0 Å². The summed E-state index contributed by atoms with van der Waals surface area (Å²) < 4.78 is 122. The summed E-state index contributed by atoms with van der Waals surface area (Å²) in [4.78, 5) is 3.29. The van der Waals surface area contributed by atoms with Crippen LogP contribution in [0.15, 0.2) is 182 Å². The van der Waals surface area contributed by atoms with E-state index in [-0.39, 0.29) is 118 Å². The van der Waals surface area contributed by atoms with Gasteiger partial charge in [0, 0.05) is 65.8 Å². The molecule has 0 unspecified atom stereocenters. The molecule has 4 heteroatoms. The van der Waals surface area contributed by atoms with Crippen molar-refractivity contribution in [1.82, 2.24) is 8.80 Å². The van der Waals surface area contributed by atoms with Gasteiger partial charge in [0.25, 0.3) is 0 Å². The van der Waals surface area contributed by atoms with Crippen molar-refractivity contribution in [2.24, 2.45) is 0 Å². The molecule has 0 spiro atoms. The fourth-order valence-corrected chi connectivity index (χ4v) is 11.2. The molecule has 0 N–H and O–H groups in total. The van der Waals surface area contributed by atoms with Gasteiger partial charge in [0.15, 0.2) is 0 Å². The van der Waals surface area contributed by atoms with E-state index < -0.39 is 10.8 Å². The standard InChI is InChI=1S/C68H62N4/c1-41(2)43-27-31-47(32-28-43)69(45-19-13-11-14-20-45)57-37-35-49-53-39-60-54(40-59(53)71-63-51(61(57)65(49)71)23-17-25-55(63)67(5,6)7)50-36-38-58(62-52-24-18-26-56(68(8,9)10)64(52)72(60)66(50)62)70(46-21-15-12-16-22-46)48-33-29-44(30-34-48)42(3)4/h11-42H,1-10H3/i27D,28D,29D,30D,31D,32D,33D,34D,35D,36D,37D,38D. The molecule has 4 aromatic heterocycles. The maximum atomic E-state index is 10.4. The molecule has 0 saturated heterocycles. The minimum absolute atomic E-state index is 0.0361. The highest BCUT2D eigenvalue weighted by Crippen LogP contribution is 2.53. The summed E-state index contributed by atoms with van der Waals surface area (Å²) in [7, 11) is 0. The molecule has 13 rings (SSSR count). The number of hydrogen-bond donors (Lipinski definition) is 0. The normalized spacial score (nSPS) is 15.2. The third-order valence-electron chi connectivity index (χ3n) is 14.6. The van der Waals surface area contributed by atoms with Crippen LogP contribution in [-0.2, 0) is 10.8 Å². The molecule has 4 nitrogen and oxygen atoms in total. The Labute approximate surface area is 439 Å². The van der Waals surface area contributed by atoms with E-state index in [0.717, 1.165) is 32.9 Å².